The zero-order valence-corrected chi connectivity index (χ0v) is 15.8. The molecule has 0 aliphatic carbocycles. The Morgan fingerprint density at radius 3 is 2.93 bits per heavy atom. The fraction of sp³-hybridized carbons (Fsp3) is 0.318. The van der Waals surface area contributed by atoms with Gasteiger partial charge in [0.1, 0.15) is 5.52 Å². The van der Waals surface area contributed by atoms with Gasteiger partial charge in [-0.15, -0.1) is 0 Å². The maximum Gasteiger partial charge on any atom is 0.274 e. The number of pyridine rings is 2. The van der Waals surface area contributed by atoms with E-state index in [1.165, 1.54) is 11.8 Å². The molecular formula is C22H23N3O3. The minimum atomic E-state index is -0.299. The van der Waals surface area contributed by atoms with E-state index in [1.807, 2.05) is 0 Å². The molecule has 6 nitrogen and oxygen atoms in total. The van der Waals surface area contributed by atoms with Gasteiger partial charge in [0.05, 0.1) is 11.7 Å². The van der Waals surface area contributed by atoms with Crippen molar-refractivity contribution < 1.29 is 9.53 Å². The first-order chi connectivity index (χ1) is 13.6. The van der Waals surface area contributed by atoms with Crippen LogP contribution in [0, 0.1) is 12.8 Å². The van der Waals surface area contributed by atoms with E-state index < -0.39 is 0 Å². The van der Waals surface area contributed by atoms with Crippen molar-refractivity contribution in [1.82, 2.24) is 15.3 Å². The first-order valence-corrected chi connectivity index (χ1v) is 9.56. The second-order valence-corrected chi connectivity index (χ2v) is 7.25. The number of ether oxygens (including phenoxy) is 1. The fourth-order valence-corrected chi connectivity index (χ4v) is 3.77. The van der Waals surface area contributed by atoms with Gasteiger partial charge in [0.25, 0.3) is 11.5 Å². The Hall–Kier alpha value is -2.99. The van der Waals surface area contributed by atoms with E-state index in [4.69, 9.17) is 4.74 Å². The number of rotatable bonds is 4. The van der Waals surface area contributed by atoms with Crippen molar-refractivity contribution in [3.8, 4) is 0 Å². The molecule has 1 amide bonds. The lowest BCUT2D eigenvalue weighted by molar-refractivity contribution is -0.0272. The van der Waals surface area contributed by atoms with Gasteiger partial charge < -0.3 is 15.0 Å². The maximum atomic E-state index is 12.8. The normalized spacial score (nSPS) is 19.5. The van der Waals surface area contributed by atoms with Crippen molar-refractivity contribution in [2.24, 2.45) is 5.92 Å². The average molecular weight is 377 g/mol. The monoisotopic (exact) mass is 377 g/mol. The Bertz CT molecular complexity index is 1040. The van der Waals surface area contributed by atoms with Crippen LogP contribution in [-0.2, 0) is 4.74 Å². The molecule has 0 bridgehead atoms. The molecule has 2 N–H and O–H groups in total. The zero-order chi connectivity index (χ0) is 19.5. The van der Waals surface area contributed by atoms with Crippen LogP contribution in [0.4, 0.5) is 0 Å². The second-order valence-electron chi connectivity index (χ2n) is 7.25. The Balaban J connectivity index is 1.51. The molecule has 28 heavy (non-hydrogen) atoms. The van der Waals surface area contributed by atoms with Crippen molar-refractivity contribution in [3.05, 3.63) is 75.8 Å². The van der Waals surface area contributed by atoms with Crippen LogP contribution < -0.4 is 10.9 Å². The van der Waals surface area contributed by atoms with Gasteiger partial charge in [-0.05, 0) is 31.4 Å². The number of aromatic amines is 1. The summed E-state index contributed by atoms with van der Waals surface area (Å²) in [6, 6.07) is 11.8. The van der Waals surface area contributed by atoms with E-state index in [1.54, 1.807) is 18.3 Å². The van der Waals surface area contributed by atoms with Crippen LogP contribution >= 0.6 is 0 Å². The molecule has 2 unspecified atom stereocenters. The van der Waals surface area contributed by atoms with Crippen molar-refractivity contribution in [2.75, 3.05) is 13.2 Å². The van der Waals surface area contributed by atoms with Crippen molar-refractivity contribution in [3.63, 3.8) is 0 Å². The summed E-state index contributed by atoms with van der Waals surface area (Å²) in [6.07, 6.45) is 4.95. The SMILES string of the molecule is Cc1ccc(C2OCCCC2CNC(=O)c2c[nH]c(=O)c3ncccc23)cc1. The summed E-state index contributed by atoms with van der Waals surface area (Å²) in [5, 5.41) is 3.58. The molecule has 6 heteroatoms. The third-order valence-electron chi connectivity index (χ3n) is 5.28. The summed E-state index contributed by atoms with van der Waals surface area (Å²) >= 11 is 0. The van der Waals surface area contributed by atoms with Crippen LogP contribution in [0.2, 0.25) is 0 Å². The largest absolute Gasteiger partial charge is 0.373 e. The predicted molar refractivity (Wildman–Crippen MR) is 107 cm³/mol. The lowest BCUT2D eigenvalue weighted by Gasteiger charge is -2.32. The fourth-order valence-electron chi connectivity index (χ4n) is 3.77. The van der Waals surface area contributed by atoms with Crippen LogP contribution in [0.5, 0.6) is 0 Å². The molecule has 2 atom stereocenters. The Labute approximate surface area is 163 Å². The van der Waals surface area contributed by atoms with Crippen molar-refractivity contribution in [1.29, 1.82) is 0 Å². The summed E-state index contributed by atoms with van der Waals surface area (Å²) in [4.78, 5) is 31.4. The molecule has 3 aromatic rings. The van der Waals surface area contributed by atoms with E-state index >= 15 is 0 Å². The molecule has 0 spiro atoms. The lowest BCUT2D eigenvalue weighted by Crippen LogP contribution is -2.35. The second kappa shape index (κ2) is 7.94. The van der Waals surface area contributed by atoms with Crippen LogP contribution in [-0.4, -0.2) is 29.0 Å². The number of hydrogen-bond donors (Lipinski definition) is 2. The lowest BCUT2D eigenvalue weighted by atomic mass is 9.89. The van der Waals surface area contributed by atoms with Crippen LogP contribution in [0.3, 0.4) is 0 Å². The van der Waals surface area contributed by atoms with Gasteiger partial charge in [0, 0.05) is 36.8 Å². The van der Waals surface area contributed by atoms with E-state index in [2.05, 4.69) is 46.5 Å². The summed E-state index contributed by atoms with van der Waals surface area (Å²) in [5.74, 6) is -0.0185. The molecule has 144 valence electrons. The zero-order valence-electron chi connectivity index (χ0n) is 15.8. The van der Waals surface area contributed by atoms with Gasteiger partial charge in [-0.3, -0.25) is 14.6 Å². The molecule has 0 radical (unpaired) electrons. The Morgan fingerprint density at radius 1 is 1.29 bits per heavy atom. The number of nitrogens with one attached hydrogen (secondary N) is 2. The molecular weight excluding hydrogens is 354 g/mol. The number of carbonyl (C=O) groups excluding carboxylic acids is 1. The van der Waals surface area contributed by atoms with Crippen LogP contribution in [0.15, 0.2) is 53.6 Å². The molecule has 2 aromatic heterocycles. The highest BCUT2D eigenvalue weighted by molar-refractivity contribution is 6.05. The van der Waals surface area contributed by atoms with Crippen LogP contribution in [0.25, 0.3) is 10.9 Å². The van der Waals surface area contributed by atoms with Gasteiger partial charge in [0.15, 0.2) is 0 Å². The smallest absolute Gasteiger partial charge is 0.274 e. The summed E-state index contributed by atoms with van der Waals surface area (Å²) in [6.45, 7) is 3.31. The minimum Gasteiger partial charge on any atom is -0.373 e. The highest BCUT2D eigenvalue weighted by Crippen LogP contribution is 2.33. The molecule has 4 rings (SSSR count). The number of hydrogen-bond acceptors (Lipinski definition) is 4. The standard InChI is InChI=1S/C22H23N3O3/c1-14-6-8-15(9-7-14)20-16(4-3-11-28-20)12-24-21(26)18-13-25-22(27)19-17(18)5-2-10-23-19/h2,5-10,13,16,20H,3-4,11-12H2,1H3,(H,24,26)(H,25,27). The molecule has 1 aliphatic rings. The van der Waals surface area contributed by atoms with Crippen LogP contribution in [0.1, 0.15) is 40.4 Å². The number of nitrogens with zero attached hydrogens (tertiary/aromatic N) is 1. The number of fused-ring (bicyclic) bond motifs is 1. The van der Waals surface area contributed by atoms with Gasteiger partial charge >= 0.3 is 0 Å². The highest BCUT2D eigenvalue weighted by atomic mass is 16.5. The third kappa shape index (κ3) is 3.68. The number of amides is 1. The van der Waals surface area contributed by atoms with E-state index in [9.17, 15) is 9.59 Å². The van der Waals surface area contributed by atoms with Gasteiger partial charge in [0.2, 0.25) is 0 Å². The Morgan fingerprint density at radius 2 is 2.11 bits per heavy atom. The molecule has 1 aliphatic heterocycles. The average Bonchev–Trinajstić information content (AvgIpc) is 2.73. The van der Waals surface area contributed by atoms with Gasteiger partial charge in [-0.1, -0.05) is 35.9 Å². The minimum absolute atomic E-state index is 0.0244. The first-order valence-electron chi connectivity index (χ1n) is 9.56. The Kier molecular flexibility index (Phi) is 5.21. The number of carbonyl (C=O) groups is 1. The van der Waals surface area contributed by atoms with Crippen molar-refractivity contribution in [2.45, 2.75) is 25.9 Å². The molecule has 1 saturated heterocycles. The highest BCUT2D eigenvalue weighted by Gasteiger charge is 2.28. The number of H-pyrrole nitrogens is 1. The molecule has 1 aromatic carbocycles. The molecule has 1 fully saturated rings. The molecule has 0 saturated carbocycles. The summed E-state index contributed by atoms with van der Waals surface area (Å²) < 4.78 is 6.03. The number of aromatic nitrogens is 2. The van der Waals surface area contributed by atoms with Crippen molar-refractivity contribution >= 4 is 16.8 Å². The summed E-state index contributed by atoms with van der Waals surface area (Å²) in [7, 11) is 0. The topological polar surface area (TPSA) is 84.1 Å². The van der Waals surface area contributed by atoms with Gasteiger partial charge in [-0.2, -0.15) is 0 Å². The van der Waals surface area contributed by atoms with Gasteiger partial charge in [-0.25, -0.2) is 0 Å². The van der Waals surface area contributed by atoms with E-state index in [0.29, 0.717) is 17.5 Å². The van der Waals surface area contributed by atoms with E-state index in [-0.39, 0.29) is 29.0 Å². The first kappa shape index (κ1) is 18.4. The van der Waals surface area contributed by atoms with E-state index in [0.717, 1.165) is 25.0 Å². The molecule has 3 heterocycles. The summed E-state index contributed by atoms with van der Waals surface area (Å²) in [5.41, 5.74) is 2.75. The number of aryl methyl sites for hydroxylation is 1. The predicted octanol–water partition coefficient (Wildman–Crippen LogP) is 3.13. The third-order valence-corrected chi connectivity index (χ3v) is 5.28. The maximum absolute atomic E-state index is 12.8. The quantitative estimate of drug-likeness (QED) is 0.732. The number of benzene rings is 1.